The Kier molecular flexibility index (Phi) is 8.31. The second-order valence-corrected chi connectivity index (χ2v) is 10.4. The third-order valence-electron chi connectivity index (χ3n) is 7.36. The molecule has 3 heterocycles. The monoisotopic (exact) mass is 614 g/mol. The van der Waals surface area contributed by atoms with Crippen molar-refractivity contribution >= 4 is 17.6 Å². The highest BCUT2D eigenvalue weighted by atomic mass is 19.4. The average Bonchev–Trinajstić information content (AvgIpc) is 3.32. The first-order valence-electron chi connectivity index (χ1n) is 13.4. The molecule has 1 aliphatic rings. The predicted molar refractivity (Wildman–Crippen MR) is 146 cm³/mol. The normalized spacial score (nSPS) is 13.7. The SMILES string of the molecule is NC(=O)c1cc(-c2cccnc2[C@@H](CC(=O)Cn2cc(C(F)(F)F)c3c2CCNC3=O)Cc2cc(F)cc(F)c2)ccc1F. The Balaban J connectivity index is 1.54. The standard InChI is InChI=1S/C31H24F6N4O3/c32-19-9-16(10-20(33)13-19)8-18(28-22(2-1-6-39-28)17-3-4-25(34)23(12-17)29(38)43)11-21(42)14-41-15-24(31(35,36)37)27-26(41)5-7-40-30(27)44/h1-4,6,9-10,12-13,15,18H,5,7-8,11,14H2,(H2,38,43)(H,40,44)/t18-/m1/s1. The minimum Gasteiger partial charge on any atom is -0.366 e. The molecule has 0 saturated heterocycles. The number of amides is 2. The van der Waals surface area contributed by atoms with Gasteiger partial charge in [-0.3, -0.25) is 19.4 Å². The summed E-state index contributed by atoms with van der Waals surface area (Å²) in [5, 5.41) is 2.38. The highest BCUT2D eigenvalue weighted by Crippen LogP contribution is 2.37. The highest BCUT2D eigenvalue weighted by molar-refractivity contribution is 5.98. The fourth-order valence-corrected chi connectivity index (χ4v) is 5.53. The molecule has 0 unspecified atom stereocenters. The van der Waals surface area contributed by atoms with Crippen LogP contribution in [-0.4, -0.2) is 33.7 Å². The van der Waals surface area contributed by atoms with E-state index in [4.69, 9.17) is 5.73 Å². The lowest BCUT2D eigenvalue weighted by Crippen LogP contribution is -2.34. The van der Waals surface area contributed by atoms with Crippen LogP contribution in [-0.2, 0) is 30.4 Å². The minimum atomic E-state index is -4.83. The van der Waals surface area contributed by atoms with E-state index in [0.717, 1.165) is 29.0 Å². The van der Waals surface area contributed by atoms with Gasteiger partial charge in [0.1, 0.15) is 17.5 Å². The van der Waals surface area contributed by atoms with Crippen molar-refractivity contribution in [1.29, 1.82) is 0 Å². The van der Waals surface area contributed by atoms with E-state index in [0.29, 0.717) is 17.2 Å². The molecule has 1 atom stereocenters. The highest BCUT2D eigenvalue weighted by Gasteiger charge is 2.40. The first-order chi connectivity index (χ1) is 20.8. The maximum Gasteiger partial charge on any atom is 0.418 e. The summed E-state index contributed by atoms with van der Waals surface area (Å²) >= 11 is 0. The van der Waals surface area contributed by atoms with Crippen LogP contribution >= 0.6 is 0 Å². The van der Waals surface area contributed by atoms with Crippen molar-refractivity contribution in [2.24, 2.45) is 5.73 Å². The number of rotatable bonds is 9. The summed E-state index contributed by atoms with van der Waals surface area (Å²) in [4.78, 5) is 42.0. The van der Waals surface area contributed by atoms with E-state index < -0.39 is 64.8 Å². The number of carbonyl (C=O) groups excluding carboxylic acids is 3. The molecule has 2 aromatic carbocycles. The number of benzene rings is 2. The number of ketones is 1. The largest absolute Gasteiger partial charge is 0.418 e. The summed E-state index contributed by atoms with van der Waals surface area (Å²) in [5.41, 5.74) is 4.45. The number of fused-ring (bicyclic) bond motifs is 1. The van der Waals surface area contributed by atoms with Crippen molar-refractivity contribution in [2.45, 2.75) is 37.9 Å². The van der Waals surface area contributed by atoms with E-state index in [9.17, 15) is 40.7 Å². The molecular formula is C31H24F6N4O3. The summed E-state index contributed by atoms with van der Waals surface area (Å²) in [6.45, 7) is -0.415. The summed E-state index contributed by atoms with van der Waals surface area (Å²) in [7, 11) is 0. The molecule has 0 spiro atoms. The number of Topliss-reactive ketones (excluding diaryl/α,β-unsaturated/α-hetero) is 1. The van der Waals surface area contributed by atoms with Gasteiger partial charge in [-0.2, -0.15) is 13.2 Å². The Hall–Kier alpha value is -4.94. The number of carbonyl (C=O) groups is 3. The number of nitrogens with two attached hydrogens (primary N) is 1. The van der Waals surface area contributed by atoms with Gasteiger partial charge in [-0.15, -0.1) is 0 Å². The second-order valence-electron chi connectivity index (χ2n) is 10.4. The lowest BCUT2D eigenvalue weighted by Gasteiger charge is -2.21. The molecule has 2 aromatic heterocycles. The average molecular weight is 615 g/mol. The van der Waals surface area contributed by atoms with Crippen molar-refractivity contribution in [2.75, 3.05) is 6.54 Å². The Morgan fingerprint density at radius 3 is 2.45 bits per heavy atom. The third kappa shape index (κ3) is 6.36. The van der Waals surface area contributed by atoms with Gasteiger partial charge in [-0.25, -0.2) is 13.2 Å². The minimum absolute atomic E-state index is 0.0713. The van der Waals surface area contributed by atoms with E-state index in [1.54, 1.807) is 12.1 Å². The van der Waals surface area contributed by atoms with Crippen molar-refractivity contribution < 1.29 is 40.7 Å². The number of aromatic nitrogens is 2. The Morgan fingerprint density at radius 1 is 1.05 bits per heavy atom. The van der Waals surface area contributed by atoms with Crippen LogP contribution in [0.4, 0.5) is 26.3 Å². The molecule has 0 bridgehead atoms. The zero-order valence-electron chi connectivity index (χ0n) is 22.9. The second kappa shape index (κ2) is 12.0. The lowest BCUT2D eigenvalue weighted by atomic mass is 9.86. The molecular weight excluding hydrogens is 590 g/mol. The van der Waals surface area contributed by atoms with Crippen LogP contribution in [0.5, 0.6) is 0 Å². The smallest absolute Gasteiger partial charge is 0.366 e. The molecule has 13 heteroatoms. The van der Waals surface area contributed by atoms with Crippen LogP contribution in [0.15, 0.2) is 60.9 Å². The fourth-order valence-electron chi connectivity index (χ4n) is 5.53. The van der Waals surface area contributed by atoms with Crippen LogP contribution in [0, 0.1) is 17.5 Å². The lowest BCUT2D eigenvalue weighted by molar-refractivity contribution is -0.138. The molecule has 5 rings (SSSR count). The molecule has 0 saturated carbocycles. The van der Waals surface area contributed by atoms with Crippen LogP contribution in [0.1, 0.15) is 55.6 Å². The van der Waals surface area contributed by atoms with Gasteiger partial charge in [0.05, 0.1) is 28.9 Å². The Bertz CT molecular complexity index is 1760. The van der Waals surface area contributed by atoms with E-state index >= 15 is 0 Å². The summed E-state index contributed by atoms with van der Waals surface area (Å²) < 4.78 is 84.8. The van der Waals surface area contributed by atoms with Crippen LogP contribution in [0.2, 0.25) is 0 Å². The van der Waals surface area contributed by atoms with Gasteiger partial charge < -0.3 is 15.6 Å². The first-order valence-corrected chi connectivity index (χ1v) is 13.4. The number of hydrogen-bond donors (Lipinski definition) is 2. The molecule has 7 nitrogen and oxygen atoms in total. The van der Waals surface area contributed by atoms with E-state index in [1.165, 1.54) is 18.3 Å². The number of pyridine rings is 1. The van der Waals surface area contributed by atoms with Crippen LogP contribution in [0.25, 0.3) is 11.1 Å². The Morgan fingerprint density at radius 2 is 1.77 bits per heavy atom. The maximum absolute atomic E-state index is 14.2. The summed E-state index contributed by atoms with van der Waals surface area (Å²) in [5.74, 6) is -5.87. The number of nitrogens with one attached hydrogen (secondary N) is 1. The fraction of sp³-hybridized carbons (Fsp3) is 0.226. The van der Waals surface area contributed by atoms with Crippen LogP contribution < -0.4 is 11.1 Å². The number of alkyl halides is 3. The van der Waals surface area contributed by atoms with Gasteiger partial charge in [0.25, 0.3) is 11.8 Å². The molecule has 0 aliphatic carbocycles. The molecule has 2 amide bonds. The molecule has 4 aromatic rings. The number of halogens is 6. The van der Waals surface area contributed by atoms with Gasteiger partial charge in [0, 0.05) is 55.0 Å². The van der Waals surface area contributed by atoms with Gasteiger partial charge in [0.15, 0.2) is 5.78 Å². The van der Waals surface area contributed by atoms with Crippen molar-refractivity contribution in [1.82, 2.24) is 14.9 Å². The molecule has 44 heavy (non-hydrogen) atoms. The zero-order valence-corrected chi connectivity index (χ0v) is 22.9. The molecule has 0 radical (unpaired) electrons. The summed E-state index contributed by atoms with van der Waals surface area (Å²) in [6, 6.07) is 9.64. The molecule has 228 valence electrons. The molecule has 1 aliphatic heterocycles. The quantitative estimate of drug-likeness (QED) is 0.248. The Labute approximate surface area is 246 Å². The van der Waals surface area contributed by atoms with Gasteiger partial charge in [-0.1, -0.05) is 12.1 Å². The number of hydrogen-bond acceptors (Lipinski definition) is 4. The summed E-state index contributed by atoms with van der Waals surface area (Å²) in [6.07, 6.45) is -3.04. The molecule has 3 N–H and O–H groups in total. The van der Waals surface area contributed by atoms with Crippen molar-refractivity contribution in [3.05, 3.63) is 112 Å². The van der Waals surface area contributed by atoms with E-state index in [1.807, 2.05) is 0 Å². The number of nitrogens with zero attached hydrogens (tertiary/aromatic N) is 2. The number of primary amides is 1. The topological polar surface area (TPSA) is 107 Å². The van der Waals surface area contributed by atoms with Gasteiger partial charge in [0.2, 0.25) is 0 Å². The van der Waals surface area contributed by atoms with Gasteiger partial charge >= 0.3 is 6.18 Å². The zero-order chi connectivity index (χ0) is 31.8. The van der Waals surface area contributed by atoms with Crippen molar-refractivity contribution in [3.8, 4) is 11.1 Å². The maximum atomic E-state index is 14.2. The molecule has 0 fully saturated rings. The van der Waals surface area contributed by atoms with E-state index in [2.05, 4.69) is 10.3 Å². The van der Waals surface area contributed by atoms with Crippen molar-refractivity contribution in [3.63, 3.8) is 0 Å². The predicted octanol–water partition coefficient (Wildman–Crippen LogP) is 5.36. The first kappa shape index (κ1) is 30.5. The van der Waals surface area contributed by atoms with Gasteiger partial charge in [-0.05, 0) is 47.9 Å². The van der Waals surface area contributed by atoms with E-state index in [-0.39, 0.29) is 48.3 Å². The third-order valence-corrected chi connectivity index (χ3v) is 7.36. The van der Waals surface area contributed by atoms with Crippen LogP contribution in [0.3, 0.4) is 0 Å².